The van der Waals surface area contributed by atoms with Gasteiger partial charge in [0.25, 0.3) is 11.6 Å². The van der Waals surface area contributed by atoms with Crippen LogP contribution < -0.4 is 10.2 Å². The van der Waals surface area contributed by atoms with Crippen LogP contribution in [0.3, 0.4) is 0 Å². The zero-order chi connectivity index (χ0) is 21.1. The Balaban J connectivity index is 1.38. The number of rotatable bonds is 7. The number of para-hydroxylation sites is 2. The van der Waals surface area contributed by atoms with Crippen LogP contribution in [0.5, 0.6) is 0 Å². The number of carbonyl (C=O) groups is 1. The number of amides is 1. The van der Waals surface area contributed by atoms with E-state index in [0.29, 0.717) is 17.8 Å². The summed E-state index contributed by atoms with van der Waals surface area (Å²) in [6, 6.07) is 12.7. The fraction of sp³-hybridized carbons (Fsp3) is 0.364. The number of aryl methyl sites for hydroxylation is 2. The number of fused-ring (bicyclic) bond motifs is 1. The third kappa shape index (κ3) is 3.98. The van der Waals surface area contributed by atoms with Gasteiger partial charge < -0.3 is 14.8 Å². The van der Waals surface area contributed by atoms with Crippen molar-refractivity contribution in [2.24, 2.45) is 0 Å². The molecule has 1 aliphatic heterocycles. The first-order chi connectivity index (χ1) is 14.5. The van der Waals surface area contributed by atoms with Gasteiger partial charge in [-0.25, -0.2) is 4.98 Å². The van der Waals surface area contributed by atoms with E-state index >= 15 is 0 Å². The average molecular weight is 407 g/mol. The van der Waals surface area contributed by atoms with Crippen molar-refractivity contribution < 1.29 is 9.72 Å². The smallest absolute Gasteiger partial charge is 0.293 e. The monoisotopic (exact) mass is 407 g/mol. The molecule has 3 aromatic rings. The molecule has 8 nitrogen and oxygen atoms in total. The normalized spacial score (nSPS) is 13.7. The Kier molecular flexibility index (Phi) is 5.65. The summed E-state index contributed by atoms with van der Waals surface area (Å²) in [4.78, 5) is 30.2. The molecule has 4 rings (SSSR count). The Morgan fingerprint density at radius 1 is 1.20 bits per heavy atom. The molecule has 1 saturated heterocycles. The number of nitrogens with zero attached hydrogens (tertiary/aromatic N) is 4. The Morgan fingerprint density at radius 2 is 1.97 bits per heavy atom. The molecule has 0 unspecified atom stereocenters. The van der Waals surface area contributed by atoms with Gasteiger partial charge in [-0.05, 0) is 50.5 Å². The summed E-state index contributed by atoms with van der Waals surface area (Å²) in [5, 5.41) is 14.4. The number of nitro benzene ring substituents is 1. The highest BCUT2D eigenvalue weighted by Crippen LogP contribution is 2.31. The highest BCUT2D eigenvalue weighted by Gasteiger charge is 2.23. The standard InChI is InChI=1S/C22H25N5O3/c1-16-24-18-7-2-3-8-19(18)26(16)14-6-11-23-22(28)17-9-10-20(21(15-17)27(29)30)25-12-4-5-13-25/h2-3,7-10,15H,4-6,11-14H2,1H3,(H,23,28). The van der Waals surface area contributed by atoms with Crippen LogP contribution in [0, 0.1) is 17.0 Å². The van der Waals surface area contributed by atoms with Crippen molar-refractivity contribution in [2.75, 3.05) is 24.5 Å². The van der Waals surface area contributed by atoms with E-state index in [1.807, 2.05) is 36.1 Å². The van der Waals surface area contributed by atoms with E-state index in [9.17, 15) is 14.9 Å². The minimum absolute atomic E-state index is 0.00920. The van der Waals surface area contributed by atoms with Crippen molar-refractivity contribution in [1.82, 2.24) is 14.9 Å². The van der Waals surface area contributed by atoms with E-state index < -0.39 is 4.92 Å². The van der Waals surface area contributed by atoms with Crippen molar-refractivity contribution in [3.63, 3.8) is 0 Å². The summed E-state index contributed by atoms with van der Waals surface area (Å²) >= 11 is 0. The summed E-state index contributed by atoms with van der Waals surface area (Å²) in [7, 11) is 0. The summed E-state index contributed by atoms with van der Waals surface area (Å²) in [5.41, 5.74) is 2.94. The van der Waals surface area contributed by atoms with Crippen LogP contribution in [0.25, 0.3) is 11.0 Å². The highest BCUT2D eigenvalue weighted by atomic mass is 16.6. The molecule has 2 aromatic carbocycles. The summed E-state index contributed by atoms with van der Waals surface area (Å²) in [6.45, 7) is 4.82. The third-order valence-corrected chi connectivity index (χ3v) is 5.57. The molecule has 0 radical (unpaired) electrons. The van der Waals surface area contributed by atoms with Gasteiger partial charge in [-0.2, -0.15) is 0 Å². The van der Waals surface area contributed by atoms with Crippen molar-refractivity contribution in [3.8, 4) is 0 Å². The molecule has 0 aliphatic carbocycles. The average Bonchev–Trinajstić information content (AvgIpc) is 3.38. The van der Waals surface area contributed by atoms with Gasteiger partial charge in [0.2, 0.25) is 0 Å². The number of hydrogen-bond donors (Lipinski definition) is 1. The Bertz CT molecular complexity index is 1090. The molecule has 156 valence electrons. The van der Waals surface area contributed by atoms with Crippen molar-refractivity contribution in [3.05, 3.63) is 64.0 Å². The maximum absolute atomic E-state index is 12.5. The second-order valence-electron chi connectivity index (χ2n) is 7.56. The number of imidazole rings is 1. The molecule has 1 aliphatic rings. The number of nitrogens with one attached hydrogen (secondary N) is 1. The molecule has 1 amide bonds. The van der Waals surface area contributed by atoms with Gasteiger partial charge in [0.1, 0.15) is 11.5 Å². The Morgan fingerprint density at radius 3 is 2.73 bits per heavy atom. The lowest BCUT2D eigenvalue weighted by atomic mass is 10.1. The van der Waals surface area contributed by atoms with E-state index in [-0.39, 0.29) is 11.6 Å². The van der Waals surface area contributed by atoms with E-state index in [1.54, 1.807) is 12.1 Å². The molecule has 8 heteroatoms. The van der Waals surface area contributed by atoms with Gasteiger partial charge in [-0.15, -0.1) is 0 Å². The molecule has 0 bridgehead atoms. The van der Waals surface area contributed by atoms with Crippen LogP contribution in [0.1, 0.15) is 35.4 Å². The fourth-order valence-electron chi connectivity index (χ4n) is 4.06. The third-order valence-electron chi connectivity index (χ3n) is 5.57. The maximum Gasteiger partial charge on any atom is 0.293 e. The first-order valence-electron chi connectivity index (χ1n) is 10.3. The van der Waals surface area contributed by atoms with Gasteiger partial charge in [0, 0.05) is 37.8 Å². The van der Waals surface area contributed by atoms with Crippen molar-refractivity contribution >= 4 is 28.3 Å². The second kappa shape index (κ2) is 8.52. The van der Waals surface area contributed by atoms with Gasteiger partial charge in [0.15, 0.2) is 0 Å². The number of carbonyl (C=O) groups excluding carboxylic acids is 1. The first kappa shape index (κ1) is 19.9. The van der Waals surface area contributed by atoms with Crippen molar-refractivity contribution in [1.29, 1.82) is 0 Å². The minimum Gasteiger partial charge on any atom is -0.366 e. The van der Waals surface area contributed by atoms with Gasteiger partial charge >= 0.3 is 0 Å². The molecule has 1 N–H and O–H groups in total. The lowest BCUT2D eigenvalue weighted by molar-refractivity contribution is -0.384. The van der Waals surface area contributed by atoms with E-state index in [1.165, 1.54) is 6.07 Å². The molecule has 1 aromatic heterocycles. The predicted octanol–water partition coefficient (Wildman–Crippen LogP) is 3.67. The minimum atomic E-state index is -0.405. The van der Waals surface area contributed by atoms with Crippen LogP contribution in [0.2, 0.25) is 0 Å². The number of hydrogen-bond acceptors (Lipinski definition) is 5. The molecule has 0 spiro atoms. The summed E-state index contributed by atoms with van der Waals surface area (Å²) < 4.78 is 2.14. The predicted molar refractivity (Wildman–Crippen MR) is 116 cm³/mol. The summed E-state index contributed by atoms with van der Waals surface area (Å²) in [5.74, 6) is 0.647. The second-order valence-corrected chi connectivity index (χ2v) is 7.56. The number of aromatic nitrogens is 2. The largest absolute Gasteiger partial charge is 0.366 e. The van der Waals surface area contributed by atoms with Gasteiger partial charge in [0.05, 0.1) is 16.0 Å². The lowest BCUT2D eigenvalue weighted by Crippen LogP contribution is -2.26. The zero-order valence-corrected chi connectivity index (χ0v) is 17.0. The van der Waals surface area contributed by atoms with Gasteiger partial charge in [-0.1, -0.05) is 12.1 Å². The lowest BCUT2D eigenvalue weighted by Gasteiger charge is -2.17. The topological polar surface area (TPSA) is 93.3 Å². The number of nitro groups is 1. The molecule has 30 heavy (non-hydrogen) atoms. The molecular weight excluding hydrogens is 382 g/mol. The zero-order valence-electron chi connectivity index (χ0n) is 17.0. The molecule has 2 heterocycles. The Hall–Kier alpha value is -3.42. The van der Waals surface area contributed by atoms with Gasteiger partial charge in [-0.3, -0.25) is 14.9 Å². The number of benzene rings is 2. The van der Waals surface area contributed by atoms with Crippen LogP contribution in [-0.2, 0) is 6.54 Å². The number of anilines is 1. The molecule has 0 saturated carbocycles. The molecule has 1 fully saturated rings. The SMILES string of the molecule is Cc1nc2ccccc2n1CCCNC(=O)c1ccc(N2CCCC2)c([N+](=O)[O-])c1. The van der Waals surface area contributed by atoms with Crippen LogP contribution in [0.4, 0.5) is 11.4 Å². The highest BCUT2D eigenvalue weighted by molar-refractivity contribution is 5.95. The van der Waals surface area contributed by atoms with Crippen LogP contribution >= 0.6 is 0 Å². The maximum atomic E-state index is 12.5. The Labute approximate surface area is 174 Å². The molecular formula is C22H25N5O3. The van der Waals surface area contributed by atoms with E-state index in [0.717, 1.165) is 55.8 Å². The quantitative estimate of drug-likeness (QED) is 0.366. The van der Waals surface area contributed by atoms with E-state index in [2.05, 4.69) is 14.9 Å². The molecule has 0 atom stereocenters. The fourth-order valence-corrected chi connectivity index (χ4v) is 4.06. The van der Waals surface area contributed by atoms with E-state index in [4.69, 9.17) is 0 Å². The van der Waals surface area contributed by atoms with Crippen LogP contribution in [-0.4, -0.2) is 40.0 Å². The van der Waals surface area contributed by atoms with Crippen molar-refractivity contribution in [2.45, 2.75) is 32.7 Å². The van der Waals surface area contributed by atoms with Crippen LogP contribution in [0.15, 0.2) is 42.5 Å². The first-order valence-corrected chi connectivity index (χ1v) is 10.3. The summed E-state index contributed by atoms with van der Waals surface area (Å²) in [6.07, 6.45) is 2.80.